The highest BCUT2D eigenvalue weighted by Gasteiger charge is 2.24. The van der Waals surface area contributed by atoms with Gasteiger partial charge in [0.05, 0.1) is 6.10 Å². The third kappa shape index (κ3) is 2.37. The van der Waals surface area contributed by atoms with E-state index in [-0.39, 0.29) is 6.10 Å². The molecule has 2 nitrogen and oxygen atoms in total. The molecule has 0 amide bonds. The van der Waals surface area contributed by atoms with Gasteiger partial charge >= 0.3 is 0 Å². The largest absolute Gasteiger partial charge is 0.392 e. The second kappa shape index (κ2) is 4.75. The van der Waals surface area contributed by atoms with Crippen LogP contribution in [-0.2, 0) is 6.54 Å². The third-order valence-corrected chi connectivity index (χ3v) is 4.62. The molecule has 78 valence electrons. The van der Waals surface area contributed by atoms with E-state index in [1.165, 1.54) is 9.35 Å². The van der Waals surface area contributed by atoms with E-state index in [1.807, 2.05) is 0 Å². The highest BCUT2D eigenvalue weighted by Crippen LogP contribution is 2.24. The van der Waals surface area contributed by atoms with Gasteiger partial charge in [-0.05, 0) is 46.6 Å². The van der Waals surface area contributed by atoms with Crippen molar-refractivity contribution in [2.75, 3.05) is 0 Å². The molecule has 1 saturated carbocycles. The van der Waals surface area contributed by atoms with Crippen molar-refractivity contribution in [3.05, 3.63) is 20.8 Å². The molecule has 4 heteroatoms. The fraction of sp³-hybridized carbons (Fsp3) is 0.600. The van der Waals surface area contributed by atoms with Crippen molar-refractivity contribution in [1.29, 1.82) is 0 Å². The van der Waals surface area contributed by atoms with E-state index in [9.17, 15) is 5.11 Å². The lowest BCUT2D eigenvalue weighted by Crippen LogP contribution is -2.34. The number of thiophene rings is 1. The summed E-state index contributed by atoms with van der Waals surface area (Å²) in [5.74, 6) is 0. The number of aliphatic hydroxyl groups excluding tert-OH is 1. The molecule has 14 heavy (non-hydrogen) atoms. The molecule has 2 N–H and O–H groups in total. The fourth-order valence-corrected chi connectivity index (χ4v) is 3.30. The van der Waals surface area contributed by atoms with E-state index >= 15 is 0 Å². The first-order chi connectivity index (χ1) is 6.77. The van der Waals surface area contributed by atoms with Crippen molar-refractivity contribution in [2.24, 2.45) is 0 Å². The van der Waals surface area contributed by atoms with Crippen molar-refractivity contribution in [2.45, 2.75) is 38.0 Å². The second-order valence-corrected chi connectivity index (χ2v) is 5.53. The van der Waals surface area contributed by atoms with Crippen LogP contribution in [0.5, 0.6) is 0 Å². The predicted molar refractivity (Wildman–Crippen MR) is 62.5 cm³/mol. The summed E-state index contributed by atoms with van der Waals surface area (Å²) in [6.07, 6.45) is 3.05. The molecule has 0 aromatic carbocycles. The van der Waals surface area contributed by atoms with Crippen LogP contribution < -0.4 is 5.32 Å². The maximum Gasteiger partial charge on any atom is 0.0693 e. The summed E-state index contributed by atoms with van der Waals surface area (Å²) in [6, 6.07) is 2.36. The zero-order valence-electron chi connectivity index (χ0n) is 7.87. The highest BCUT2D eigenvalue weighted by molar-refractivity contribution is 9.10. The summed E-state index contributed by atoms with van der Waals surface area (Å²) in [6.45, 7) is 0.861. The van der Waals surface area contributed by atoms with Gasteiger partial charge in [-0.25, -0.2) is 0 Å². The van der Waals surface area contributed by atoms with Crippen molar-refractivity contribution in [1.82, 2.24) is 5.32 Å². The van der Waals surface area contributed by atoms with Gasteiger partial charge < -0.3 is 10.4 Å². The van der Waals surface area contributed by atoms with Gasteiger partial charge in [0.1, 0.15) is 0 Å². The molecule has 1 heterocycles. The van der Waals surface area contributed by atoms with Crippen LogP contribution in [0.15, 0.2) is 15.9 Å². The second-order valence-electron chi connectivity index (χ2n) is 3.68. The summed E-state index contributed by atoms with van der Waals surface area (Å²) in [5.41, 5.74) is 0. The summed E-state index contributed by atoms with van der Waals surface area (Å²) >= 11 is 5.24. The third-order valence-electron chi connectivity index (χ3n) is 2.70. The molecule has 0 saturated heterocycles. The first-order valence-electron chi connectivity index (χ1n) is 4.90. The average Bonchev–Trinajstić information content (AvgIpc) is 2.72. The Balaban J connectivity index is 1.85. The predicted octanol–water partition coefficient (Wildman–Crippen LogP) is 2.51. The van der Waals surface area contributed by atoms with Gasteiger partial charge in [0, 0.05) is 21.9 Å². The minimum absolute atomic E-state index is 0.145. The van der Waals surface area contributed by atoms with Crippen LogP contribution >= 0.6 is 27.3 Å². The Morgan fingerprint density at radius 1 is 1.57 bits per heavy atom. The average molecular weight is 276 g/mol. The van der Waals surface area contributed by atoms with Gasteiger partial charge in [0.25, 0.3) is 0 Å². The quantitative estimate of drug-likeness (QED) is 0.889. The van der Waals surface area contributed by atoms with E-state index in [0.717, 1.165) is 25.8 Å². The molecule has 2 rings (SSSR count). The molecule has 0 spiro atoms. The van der Waals surface area contributed by atoms with Crippen molar-refractivity contribution < 1.29 is 5.11 Å². The zero-order chi connectivity index (χ0) is 9.97. The maximum absolute atomic E-state index is 9.62. The number of aliphatic hydroxyl groups is 1. The molecule has 0 radical (unpaired) electrons. The maximum atomic E-state index is 9.62. The van der Waals surface area contributed by atoms with Gasteiger partial charge in [-0.1, -0.05) is 0 Å². The van der Waals surface area contributed by atoms with Crippen LogP contribution in [0, 0.1) is 0 Å². The minimum atomic E-state index is -0.145. The lowest BCUT2D eigenvalue weighted by Gasteiger charge is -2.15. The number of hydrogen-bond acceptors (Lipinski definition) is 3. The molecule has 1 aromatic heterocycles. The van der Waals surface area contributed by atoms with Gasteiger partial charge in [0.15, 0.2) is 0 Å². The SMILES string of the molecule is O[C@@H]1CCC[C@H]1NCc1sccc1Br. The number of rotatable bonds is 3. The van der Waals surface area contributed by atoms with Gasteiger partial charge in [-0.15, -0.1) is 11.3 Å². The van der Waals surface area contributed by atoms with Gasteiger partial charge in [0.2, 0.25) is 0 Å². The van der Waals surface area contributed by atoms with Crippen molar-refractivity contribution in [3.8, 4) is 0 Å². The molecular weight excluding hydrogens is 262 g/mol. The Morgan fingerprint density at radius 3 is 3.00 bits per heavy atom. The lowest BCUT2D eigenvalue weighted by molar-refractivity contribution is 0.149. The molecule has 0 aliphatic heterocycles. The van der Waals surface area contributed by atoms with Crippen LogP contribution in [0.25, 0.3) is 0 Å². The molecule has 0 unspecified atom stereocenters. The molecule has 1 fully saturated rings. The zero-order valence-corrected chi connectivity index (χ0v) is 10.3. The topological polar surface area (TPSA) is 32.3 Å². The number of halogens is 1. The summed E-state index contributed by atoms with van der Waals surface area (Å²) in [7, 11) is 0. The van der Waals surface area contributed by atoms with Gasteiger partial charge in [-0.2, -0.15) is 0 Å². The first-order valence-corrected chi connectivity index (χ1v) is 6.58. The number of nitrogens with one attached hydrogen (secondary N) is 1. The van der Waals surface area contributed by atoms with Crippen LogP contribution in [0.2, 0.25) is 0 Å². The molecule has 1 aliphatic carbocycles. The van der Waals surface area contributed by atoms with E-state index in [1.54, 1.807) is 11.3 Å². The smallest absolute Gasteiger partial charge is 0.0693 e. The van der Waals surface area contributed by atoms with E-state index < -0.39 is 0 Å². The van der Waals surface area contributed by atoms with Crippen LogP contribution in [0.3, 0.4) is 0 Å². The standard InChI is InChI=1S/C10H14BrNOS/c11-7-4-5-14-10(7)6-12-8-2-1-3-9(8)13/h4-5,8-9,12-13H,1-3,6H2/t8-,9-/m1/s1. The van der Waals surface area contributed by atoms with Crippen LogP contribution in [0.4, 0.5) is 0 Å². The Bertz CT molecular complexity index is 302. The molecular formula is C10H14BrNOS. The van der Waals surface area contributed by atoms with Crippen LogP contribution in [-0.4, -0.2) is 17.3 Å². The summed E-state index contributed by atoms with van der Waals surface area (Å²) in [5, 5.41) is 15.1. The highest BCUT2D eigenvalue weighted by atomic mass is 79.9. The van der Waals surface area contributed by atoms with E-state index in [0.29, 0.717) is 6.04 Å². The monoisotopic (exact) mass is 275 g/mol. The summed E-state index contributed by atoms with van der Waals surface area (Å²) in [4.78, 5) is 1.31. The molecule has 2 atom stereocenters. The number of hydrogen-bond donors (Lipinski definition) is 2. The normalized spacial score (nSPS) is 27.0. The Labute approximate surface area is 96.5 Å². The Hall–Kier alpha value is 0.100. The minimum Gasteiger partial charge on any atom is -0.392 e. The van der Waals surface area contributed by atoms with E-state index in [4.69, 9.17) is 0 Å². The first kappa shape index (κ1) is 10.6. The Kier molecular flexibility index (Phi) is 3.60. The molecule has 0 bridgehead atoms. The van der Waals surface area contributed by atoms with Crippen LogP contribution in [0.1, 0.15) is 24.1 Å². The van der Waals surface area contributed by atoms with Crippen molar-refractivity contribution in [3.63, 3.8) is 0 Å². The molecule has 1 aromatic rings. The van der Waals surface area contributed by atoms with Gasteiger partial charge in [-0.3, -0.25) is 0 Å². The Morgan fingerprint density at radius 2 is 2.43 bits per heavy atom. The lowest BCUT2D eigenvalue weighted by atomic mass is 10.2. The van der Waals surface area contributed by atoms with E-state index in [2.05, 4.69) is 32.7 Å². The fourth-order valence-electron chi connectivity index (χ4n) is 1.85. The molecule has 1 aliphatic rings. The van der Waals surface area contributed by atoms with Crippen molar-refractivity contribution >= 4 is 27.3 Å². The summed E-state index contributed by atoms with van der Waals surface area (Å²) < 4.78 is 1.17.